The summed E-state index contributed by atoms with van der Waals surface area (Å²) in [6.07, 6.45) is 3.14. The van der Waals surface area contributed by atoms with Crippen LogP contribution in [0.2, 0.25) is 0 Å². The lowest BCUT2D eigenvalue weighted by atomic mass is 10.2. The Morgan fingerprint density at radius 2 is 1.83 bits per heavy atom. The molecule has 0 aromatic heterocycles. The number of non-ortho nitro benzene ring substituents is 1. The standard InChI is InChI=1S/C13H16N2O3/c1-3-14(4-2)13(16)10-7-11-5-8-12(9-6-11)15(17)18/h5-10H,3-4H2,1-2H3. The van der Waals surface area contributed by atoms with Gasteiger partial charge in [0.15, 0.2) is 0 Å². The summed E-state index contributed by atoms with van der Waals surface area (Å²) in [7, 11) is 0. The van der Waals surface area contributed by atoms with Gasteiger partial charge in [0.2, 0.25) is 5.91 Å². The molecule has 18 heavy (non-hydrogen) atoms. The van der Waals surface area contributed by atoms with Gasteiger partial charge < -0.3 is 4.90 Å². The molecule has 96 valence electrons. The van der Waals surface area contributed by atoms with Crippen LogP contribution in [0.5, 0.6) is 0 Å². The maximum absolute atomic E-state index is 11.7. The van der Waals surface area contributed by atoms with Gasteiger partial charge in [0.05, 0.1) is 4.92 Å². The van der Waals surface area contributed by atoms with Gasteiger partial charge in [-0.2, -0.15) is 0 Å². The monoisotopic (exact) mass is 248 g/mol. The number of hydrogen-bond acceptors (Lipinski definition) is 3. The molecule has 0 N–H and O–H groups in total. The van der Waals surface area contributed by atoms with Gasteiger partial charge in [0, 0.05) is 31.3 Å². The SMILES string of the molecule is CCN(CC)C(=O)C=Cc1ccc([N+](=O)[O-])cc1. The maximum Gasteiger partial charge on any atom is 0.269 e. The third-order valence-corrected chi connectivity index (χ3v) is 2.60. The Kier molecular flexibility index (Phi) is 5.05. The molecule has 0 aliphatic heterocycles. The van der Waals surface area contributed by atoms with E-state index in [9.17, 15) is 14.9 Å². The van der Waals surface area contributed by atoms with Gasteiger partial charge in [-0.3, -0.25) is 14.9 Å². The van der Waals surface area contributed by atoms with E-state index in [1.165, 1.54) is 18.2 Å². The highest BCUT2D eigenvalue weighted by atomic mass is 16.6. The van der Waals surface area contributed by atoms with E-state index < -0.39 is 4.92 Å². The lowest BCUT2D eigenvalue weighted by Crippen LogP contribution is -2.28. The van der Waals surface area contributed by atoms with E-state index in [4.69, 9.17) is 0 Å². The molecule has 0 aliphatic carbocycles. The molecular formula is C13H16N2O3. The highest BCUT2D eigenvalue weighted by molar-refractivity contribution is 5.91. The molecule has 0 atom stereocenters. The molecule has 5 nitrogen and oxygen atoms in total. The van der Waals surface area contributed by atoms with E-state index in [1.54, 1.807) is 23.1 Å². The van der Waals surface area contributed by atoms with Crippen molar-refractivity contribution in [1.82, 2.24) is 4.90 Å². The van der Waals surface area contributed by atoms with E-state index in [-0.39, 0.29) is 11.6 Å². The summed E-state index contributed by atoms with van der Waals surface area (Å²) in [5.74, 6) is -0.0571. The van der Waals surface area contributed by atoms with E-state index >= 15 is 0 Å². The molecule has 0 bridgehead atoms. The first-order chi connectivity index (χ1) is 8.58. The second-order valence-electron chi connectivity index (χ2n) is 3.69. The Morgan fingerprint density at radius 1 is 1.28 bits per heavy atom. The summed E-state index contributed by atoms with van der Waals surface area (Å²) in [6, 6.07) is 6.07. The van der Waals surface area contributed by atoms with Crippen LogP contribution in [0.4, 0.5) is 5.69 Å². The van der Waals surface area contributed by atoms with Crippen molar-refractivity contribution in [3.63, 3.8) is 0 Å². The second kappa shape index (κ2) is 6.54. The third-order valence-electron chi connectivity index (χ3n) is 2.60. The van der Waals surface area contributed by atoms with Crippen LogP contribution in [0.25, 0.3) is 6.08 Å². The minimum Gasteiger partial charge on any atom is -0.340 e. The van der Waals surface area contributed by atoms with Crippen LogP contribution in [-0.4, -0.2) is 28.8 Å². The molecule has 0 saturated heterocycles. The maximum atomic E-state index is 11.7. The fourth-order valence-corrected chi connectivity index (χ4v) is 1.52. The average molecular weight is 248 g/mol. The number of nitro benzene ring substituents is 1. The first-order valence-corrected chi connectivity index (χ1v) is 5.80. The van der Waals surface area contributed by atoms with Crippen molar-refractivity contribution >= 4 is 17.7 Å². The summed E-state index contributed by atoms with van der Waals surface area (Å²) >= 11 is 0. The molecule has 0 spiro atoms. The Labute approximate surface area is 106 Å². The molecule has 0 fully saturated rings. The van der Waals surface area contributed by atoms with E-state index in [0.717, 1.165) is 5.56 Å². The van der Waals surface area contributed by atoms with Crippen LogP contribution >= 0.6 is 0 Å². The topological polar surface area (TPSA) is 63.5 Å². The second-order valence-corrected chi connectivity index (χ2v) is 3.69. The van der Waals surface area contributed by atoms with Gasteiger partial charge >= 0.3 is 0 Å². The summed E-state index contributed by atoms with van der Waals surface area (Å²) in [5.41, 5.74) is 0.809. The molecule has 0 heterocycles. The summed E-state index contributed by atoms with van der Waals surface area (Å²) in [6.45, 7) is 5.17. The van der Waals surface area contributed by atoms with Crippen LogP contribution in [-0.2, 0) is 4.79 Å². The molecule has 0 radical (unpaired) electrons. The van der Waals surface area contributed by atoms with Gasteiger partial charge in [-0.1, -0.05) is 0 Å². The quantitative estimate of drug-likeness (QED) is 0.457. The first-order valence-electron chi connectivity index (χ1n) is 5.80. The molecule has 0 unspecified atom stereocenters. The smallest absolute Gasteiger partial charge is 0.269 e. The zero-order valence-electron chi connectivity index (χ0n) is 10.5. The number of nitrogens with zero attached hydrogens (tertiary/aromatic N) is 2. The Hall–Kier alpha value is -2.17. The Balaban J connectivity index is 2.72. The normalized spacial score (nSPS) is 10.6. The number of likely N-dealkylation sites (N-methyl/N-ethyl adjacent to an activating group) is 1. The molecule has 1 aromatic rings. The highest BCUT2D eigenvalue weighted by Crippen LogP contribution is 2.12. The van der Waals surface area contributed by atoms with Crippen molar-refractivity contribution in [2.24, 2.45) is 0 Å². The van der Waals surface area contributed by atoms with E-state index in [0.29, 0.717) is 13.1 Å². The van der Waals surface area contributed by atoms with Gasteiger partial charge in [-0.25, -0.2) is 0 Å². The Morgan fingerprint density at radius 3 is 2.28 bits per heavy atom. The summed E-state index contributed by atoms with van der Waals surface area (Å²) < 4.78 is 0. The first kappa shape index (κ1) is 13.9. The van der Waals surface area contributed by atoms with Crippen molar-refractivity contribution in [1.29, 1.82) is 0 Å². The van der Waals surface area contributed by atoms with Gasteiger partial charge in [0.25, 0.3) is 5.69 Å². The lowest BCUT2D eigenvalue weighted by molar-refractivity contribution is -0.384. The van der Waals surface area contributed by atoms with Crippen molar-refractivity contribution < 1.29 is 9.72 Å². The number of carbonyl (C=O) groups is 1. The zero-order chi connectivity index (χ0) is 13.5. The molecule has 0 aliphatic rings. The summed E-state index contributed by atoms with van der Waals surface area (Å²) in [4.78, 5) is 23.4. The fraction of sp³-hybridized carbons (Fsp3) is 0.308. The van der Waals surface area contributed by atoms with Crippen molar-refractivity contribution in [3.05, 3.63) is 46.0 Å². The number of nitro groups is 1. The minimum atomic E-state index is -0.450. The van der Waals surface area contributed by atoms with Crippen LogP contribution in [0.3, 0.4) is 0 Å². The fourth-order valence-electron chi connectivity index (χ4n) is 1.52. The zero-order valence-corrected chi connectivity index (χ0v) is 10.5. The number of carbonyl (C=O) groups excluding carboxylic acids is 1. The molecule has 1 aromatic carbocycles. The van der Waals surface area contributed by atoms with E-state index in [1.807, 2.05) is 13.8 Å². The number of rotatable bonds is 5. The number of hydrogen-bond donors (Lipinski definition) is 0. The van der Waals surface area contributed by atoms with Crippen LogP contribution in [0.1, 0.15) is 19.4 Å². The average Bonchev–Trinajstić information content (AvgIpc) is 2.38. The van der Waals surface area contributed by atoms with Gasteiger partial charge in [0.1, 0.15) is 0 Å². The van der Waals surface area contributed by atoms with Gasteiger partial charge in [-0.15, -0.1) is 0 Å². The van der Waals surface area contributed by atoms with Crippen molar-refractivity contribution in [2.75, 3.05) is 13.1 Å². The van der Waals surface area contributed by atoms with Crippen molar-refractivity contribution in [3.8, 4) is 0 Å². The predicted octanol–water partition coefficient (Wildman–Crippen LogP) is 2.48. The number of amides is 1. The van der Waals surface area contributed by atoms with Crippen molar-refractivity contribution in [2.45, 2.75) is 13.8 Å². The Bertz CT molecular complexity index is 448. The predicted molar refractivity (Wildman–Crippen MR) is 70.1 cm³/mol. The van der Waals surface area contributed by atoms with Crippen LogP contribution < -0.4 is 0 Å². The molecule has 1 amide bonds. The molecule has 5 heteroatoms. The molecule has 0 saturated carbocycles. The van der Waals surface area contributed by atoms with Crippen LogP contribution in [0, 0.1) is 10.1 Å². The van der Waals surface area contributed by atoms with E-state index in [2.05, 4.69) is 0 Å². The van der Waals surface area contributed by atoms with Gasteiger partial charge in [-0.05, 0) is 37.6 Å². The molecular weight excluding hydrogens is 232 g/mol. The lowest BCUT2D eigenvalue weighted by Gasteiger charge is -2.15. The number of benzene rings is 1. The minimum absolute atomic E-state index is 0.0437. The highest BCUT2D eigenvalue weighted by Gasteiger charge is 2.05. The third kappa shape index (κ3) is 3.69. The summed E-state index contributed by atoms with van der Waals surface area (Å²) in [5, 5.41) is 10.5. The molecule has 1 rings (SSSR count). The largest absolute Gasteiger partial charge is 0.340 e. The van der Waals surface area contributed by atoms with Crippen LogP contribution in [0.15, 0.2) is 30.3 Å².